The fraction of sp³-hybridized carbons (Fsp3) is 0.267. The summed E-state index contributed by atoms with van der Waals surface area (Å²) in [6.45, 7) is 6.39. The van der Waals surface area contributed by atoms with Crippen molar-refractivity contribution in [2.75, 3.05) is 0 Å². The summed E-state index contributed by atoms with van der Waals surface area (Å²) < 4.78 is 5.90. The molecule has 0 bridgehead atoms. The molecule has 3 heteroatoms. The largest absolute Gasteiger partial charge is 0.457 e. The molecule has 1 aromatic carbocycles. The molecule has 0 aliphatic heterocycles. The Balaban J connectivity index is 2.36. The molecule has 2 N–H and O–H groups in total. The minimum absolute atomic E-state index is 0.431. The SMILES string of the molecule is Cc1ccc(Oc2cc(C)nc(C)c2CN)cc1. The van der Waals surface area contributed by atoms with Crippen molar-refractivity contribution < 1.29 is 4.74 Å². The zero-order valence-corrected chi connectivity index (χ0v) is 11.0. The van der Waals surface area contributed by atoms with Crippen molar-refractivity contribution in [3.05, 3.63) is 52.8 Å². The molecule has 0 unspecified atom stereocenters. The minimum Gasteiger partial charge on any atom is -0.457 e. The van der Waals surface area contributed by atoms with E-state index < -0.39 is 0 Å². The summed E-state index contributed by atoms with van der Waals surface area (Å²) in [5.74, 6) is 1.62. The van der Waals surface area contributed by atoms with E-state index in [1.807, 2.05) is 44.2 Å². The van der Waals surface area contributed by atoms with Crippen LogP contribution in [0.25, 0.3) is 0 Å². The van der Waals surface area contributed by atoms with Crippen molar-refractivity contribution in [3.8, 4) is 11.5 Å². The second kappa shape index (κ2) is 5.19. The number of aryl methyl sites for hydroxylation is 3. The first-order chi connectivity index (χ1) is 8.60. The first kappa shape index (κ1) is 12.6. The monoisotopic (exact) mass is 242 g/mol. The number of hydrogen-bond acceptors (Lipinski definition) is 3. The Kier molecular flexibility index (Phi) is 3.63. The summed E-state index contributed by atoms with van der Waals surface area (Å²) in [7, 11) is 0. The van der Waals surface area contributed by atoms with Crippen LogP contribution in [0.3, 0.4) is 0 Å². The minimum atomic E-state index is 0.431. The van der Waals surface area contributed by atoms with E-state index in [1.165, 1.54) is 5.56 Å². The average Bonchev–Trinajstić information content (AvgIpc) is 2.32. The fourth-order valence-electron chi connectivity index (χ4n) is 1.89. The molecule has 0 atom stereocenters. The molecule has 18 heavy (non-hydrogen) atoms. The molecule has 0 saturated heterocycles. The highest BCUT2D eigenvalue weighted by Crippen LogP contribution is 2.27. The number of nitrogens with zero attached hydrogens (tertiary/aromatic N) is 1. The van der Waals surface area contributed by atoms with Crippen LogP contribution in [0.4, 0.5) is 0 Å². The highest BCUT2D eigenvalue weighted by molar-refractivity contribution is 5.41. The van der Waals surface area contributed by atoms with Crippen LogP contribution in [0.1, 0.15) is 22.5 Å². The maximum atomic E-state index is 5.90. The van der Waals surface area contributed by atoms with E-state index in [4.69, 9.17) is 10.5 Å². The summed E-state index contributed by atoms with van der Waals surface area (Å²) in [6.07, 6.45) is 0. The first-order valence-electron chi connectivity index (χ1n) is 6.02. The topological polar surface area (TPSA) is 48.1 Å². The van der Waals surface area contributed by atoms with E-state index >= 15 is 0 Å². The summed E-state index contributed by atoms with van der Waals surface area (Å²) in [5, 5.41) is 0. The molecule has 2 aromatic rings. The Morgan fingerprint density at radius 3 is 2.39 bits per heavy atom. The third-order valence-electron chi connectivity index (χ3n) is 2.87. The summed E-state index contributed by atoms with van der Waals surface area (Å²) in [4.78, 5) is 4.40. The average molecular weight is 242 g/mol. The lowest BCUT2D eigenvalue weighted by Gasteiger charge is -2.13. The van der Waals surface area contributed by atoms with Gasteiger partial charge >= 0.3 is 0 Å². The number of aromatic nitrogens is 1. The Morgan fingerprint density at radius 1 is 1.11 bits per heavy atom. The normalized spacial score (nSPS) is 10.4. The number of benzene rings is 1. The Morgan fingerprint density at radius 2 is 1.78 bits per heavy atom. The van der Waals surface area contributed by atoms with Crippen molar-refractivity contribution in [1.29, 1.82) is 0 Å². The van der Waals surface area contributed by atoms with Gasteiger partial charge in [-0.2, -0.15) is 0 Å². The maximum absolute atomic E-state index is 5.90. The number of ether oxygens (including phenoxy) is 1. The van der Waals surface area contributed by atoms with Gasteiger partial charge in [0.15, 0.2) is 0 Å². The van der Waals surface area contributed by atoms with Crippen molar-refractivity contribution in [3.63, 3.8) is 0 Å². The van der Waals surface area contributed by atoms with Gasteiger partial charge in [-0.05, 0) is 32.9 Å². The van der Waals surface area contributed by atoms with Gasteiger partial charge < -0.3 is 10.5 Å². The molecule has 0 aliphatic carbocycles. The lowest BCUT2D eigenvalue weighted by molar-refractivity contribution is 0.474. The van der Waals surface area contributed by atoms with Crippen molar-refractivity contribution in [2.24, 2.45) is 5.73 Å². The van der Waals surface area contributed by atoms with Gasteiger partial charge in [-0.25, -0.2) is 0 Å². The smallest absolute Gasteiger partial charge is 0.135 e. The lowest BCUT2D eigenvalue weighted by atomic mass is 10.1. The molecular weight excluding hydrogens is 224 g/mol. The van der Waals surface area contributed by atoms with E-state index in [0.717, 1.165) is 28.5 Å². The van der Waals surface area contributed by atoms with Crippen LogP contribution in [-0.2, 0) is 6.54 Å². The molecule has 0 radical (unpaired) electrons. The quantitative estimate of drug-likeness (QED) is 0.898. The molecule has 0 aliphatic rings. The summed E-state index contributed by atoms with van der Waals surface area (Å²) in [6, 6.07) is 9.90. The summed E-state index contributed by atoms with van der Waals surface area (Å²) in [5.41, 5.74) is 9.80. The number of hydrogen-bond donors (Lipinski definition) is 1. The molecule has 0 amide bonds. The number of pyridine rings is 1. The van der Waals surface area contributed by atoms with E-state index in [1.54, 1.807) is 0 Å². The second-order valence-corrected chi connectivity index (χ2v) is 4.44. The van der Waals surface area contributed by atoms with Gasteiger partial charge in [-0.3, -0.25) is 4.98 Å². The van der Waals surface area contributed by atoms with Gasteiger partial charge in [0, 0.05) is 29.6 Å². The summed E-state index contributed by atoms with van der Waals surface area (Å²) >= 11 is 0. The third-order valence-corrected chi connectivity index (χ3v) is 2.87. The van der Waals surface area contributed by atoms with Crippen molar-refractivity contribution in [1.82, 2.24) is 4.98 Å². The van der Waals surface area contributed by atoms with Crippen LogP contribution >= 0.6 is 0 Å². The predicted molar refractivity (Wildman–Crippen MR) is 72.9 cm³/mol. The maximum Gasteiger partial charge on any atom is 0.135 e. The molecule has 3 nitrogen and oxygen atoms in total. The molecule has 1 aromatic heterocycles. The van der Waals surface area contributed by atoms with Crippen LogP contribution in [0.15, 0.2) is 30.3 Å². The van der Waals surface area contributed by atoms with E-state index in [0.29, 0.717) is 6.54 Å². The highest BCUT2D eigenvalue weighted by Gasteiger charge is 2.09. The molecule has 0 fully saturated rings. The Bertz CT molecular complexity index is 547. The van der Waals surface area contributed by atoms with Gasteiger partial charge in [-0.1, -0.05) is 17.7 Å². The van der Waals surface area contributed by atoms with Gasteiger partial charge in [0.25, 0.3) is 0 Å². The van der Waals surface area contributed by atoms with Crippen molar-refractivity contribution >= 4 is 0 Å². The van der Waals surface area contributed by atoms with Crippen LogP contribution < -0.4 is 10.5 Å². The van der Waals surface area contributed by atoms with Gasteiger partial charge in [0.2, 0.25) is 0 Å². The molecule has 0 saturated carbocycles. The standard InChI is InChI=1S/C15H18N2O/c1-10-4-6-13(7-5-10)18-15-8-11(2)17-12(3)14(15)9-16/h4-8H,9,16H2,1-3H3. The highest BCUT2D eigenvalue weighted by atomic mass is 16.5. The van der Waals surface area contributed by atoms with E-state index in [2.05, 4.69) is 11.9 Å². The Hall–Kier alpha value is -1.87. The second-order valence-electron chi connectivity index (χ2n) is 4.44. The van der Waals surface area contributed by atoms with Crippen LogP contribution in [0, 0.1) is 20.8 Å². The van der Waals surface area contributed by atoms with Crippen molar-refractivity contribution in [2.45, 2.75) is 27.3 Å². The zero-order chi connectivity index (χ0) is 13.1. The van der Waals surface area contributed by atoms with E-state index in [9.17, 15) is 0 Å². The molecule has 1 heterocycles. The first-order valence-corrected chi connectivity index (χ1v) is 6.02. The van der Waals surface area contributed by atoms with Crippen LogP contribution in [-0.4, -0.2) is 4.98 Å². The lowest BCUT2D eigenvalue weighted by Crippen LogP contribution is -2.04. The van der Waals surface area contributed by atoms with E-state index in [-0.39, 0.29) is 0 Å². The zero-order valence-electron chi connectivity index (χ0n) is 11.0. The predicted octanol–water partition coefficient (Wildman–Crippen LogP) is 3.26. The van der Waals surface area contributed by atoms with Gasteiger partial charge in [0.05, 0.1) is 0 Å². The molecule has 2 rings (SSSR count). The van der Waals surface area contributed by atoms with Crippen LogP contribution in [0.2, 0.25) is 0 Å². The molecule has 94 valence electrons. The number of nitrogens with two attached hydrogens (primary N) is 1. The van der Waals surface area contributed by atoms with Crippen LogP contribution in [0.5, 0.6) is 11.5 Å². The van der Waals surface area contributed by atoms with Gasteiger partial charge in [-0.15, -0.1) is 0 Å². The number of rotatable bonds is 3. The Labute approximate surface area is 108 Å². The fourth-order valence-corrected chi connectivity index (χ4v) is 1.89. The molecular formula is C15H18N2O. The third kappa shape index (κ3) is 2.68. The van der Waals surface area contributed by atoms with Gasteiger partial charge in [0.1, 0.15) is 11.5 Å². The molecule has 0 spiro atoms.